The van der Waals surface area contributed by atoms with Crippen molar-refractivity contribution in [2.75, 3.05) is 26.2 Å². The van der Waals surface area contributed by atoms with Crippen LogP contribution in [0.2, 0.25) is 5.02 Å². The molecule has 1 spiro atoms. The molecule has 1 saturated heterocycles. The van der Waals surface area contributed by atoms with E-state index < -0.39 is 6.10 Å². The molecule has 0 radical (unpaired) electrons. The van der Waals surface area contributed by atoms with Gasteiger partial charge in [0.15, 0.2) is 0 Å². The molecule has 1 fully saturated rings. The summed E-state index contributed by atoms with van der Waals surface area (Å²) in [6, 6.07) is 18.2. The molecule has 0 aromatic heterocycles. The molecule has 1 atom stereocenters. The van der Waals surface area contributed by atoms with Crippen LogP contribution in [0.1, 0.15) is 42.6 Å². The molecule has 8 heteroatoms. The smallest absolute Gasteiger partial charge is 0.125 e. The number of fused-ring (bicyclic) bond motifs is 1. The molecule has 4 nitrogen and oxygen atoms in total. The summed E-state index contributed by atoms with van der Waals surface area (Å²) >= 11 is 6.16. The Morgan fingerprint density at radius 1 is 0.973 bits per heavy atom. The number of piperidine rings is 1. The van der Waals surface area contributed by atoms with Crippen molar-refractivity contribution >= 4 is 24.0 Å². The van der Waals surface area contributed by atoms with Gasteiger partial charge in [-0.25, -0.2) is 8.78 Å². The molecule has 2 aliphatic heterocycles. The van der Waals surface area contributed by atoms with E-state index in [0.29, 0.717) is 18.2 Å². The van der Waals surface area contributed by atoms with Gasteiger partial charge in [0.05, 0.1) is 13.2 Å². The lowest BCUT2D eigenvalue weighted by Crippen LogP contribution is -2.53. The van der Waals surface area contributed by atoms with Gasteiger partial charge in [-0.1, -0.05) is 35.9 Å². The number of rotatable bonds is 6. The van der Waals surface area contributed by atoms with Crippen molar-refractivity contribution in [3.63, 3.8) is 0 Å². The van der Waals surface area contributed by atoms with Gasteiger partial charge in [-0.15, -0.1) is 12.4 Å². The Bertz CT molecular complexity index is 1120. The summed E-state index contributed by atoms with van der Waals surface area (Å²) in [5.74, 6) is 0.236. The molecule has 2 heterocycles. The summed E-state index contributed by atoms with van der Waals surface area (Å²) < 4.78 is 46.0. The molecule has 3 aromatic rings. The third-order valence-corrected chi connectivity index (χ3v) is 7.56. The summed E-state index contributed by atoms with van der Waals surface area (Å²) in [7, 11) is 0. The zero-order chi connectivity index (χ0) is 25.1. The van der Waals surface area contributed by atoms with Crippen LogP contribution in [0.15, 0.2) is 66.7 Å². The van der Waals surface area contributed by atoms with Crippen LogP contribution < -0.4 is 4.74 Å². The van der Waals surface area contributed by atoms with Crippen molar-refractivity contribution < 1.29 is 23.0 Å². The number of ether oxygens (including phenoxy) is 3. The fourth-order valence-corrected chi connectivity index (χ4v) is 5.27. The number of nitrogens with zero attached hydrogens (tertiary/aromatic N) is 1. The minimum absolute atomic E-state index is 0. The molecular weight excluding hydrogens is 519 g/mol. The average Bonchev–Trinajstić information content (AvgIpc) is 3.01. The molecule has 3 aromatic carbocycles. The Morgan fingerprint density at radius 3 is 2.16 bits per heavy atom. The lowest BCUT2D eigenvalue weighted by molar-refractivity contribution is -0.137. The van der Waals surface area contributed by atoms with Crippen molar-refractivity contribution in [2.24, 2.45) is 0 Å². The molecule has 0 bridgehead atoms. The molecule has 37 heavy (non-hydrogen) atoms. The minimum atomic E-state index is -0.397. The molecule has 0 saturated carbocycles. The Kier molecular flexibility index (Phi) is 9.09. The fourth-order valence-electron chi connectivity index (χ4n) is 5.08. The Labute approximate surface area is 227 Å². The molecule has 1 unspecified atom stereocenters. The number of likely N-dealkylation sites (tertiary alicyclic amines) is 1. The third-order valence-electron chi connectivity index (χ3n) is 7.32. The highest BCUT2D eigenvalue weighted by Crippen LogP contribution is 2.38. The van der Waals surface area contributed by atoms with Crippen LogP contribution in [-0.4, -0.2) is 42.8 Å². The minimum Gasteiger partial charge on any atom is -0.487 e. The number of hydrogen-bond donors (Lipinski definition) is 0. The Hall–Kier alpha value is -2.22. The van der Waals surface area contributed by atoms with E-state index in [4.69, 9.17) is 25.8 Å². The van der Waals surface area contributed by atoms with Crippen molar-refractivity contribution in [3.8, 4) is 5.75 Å². The van der Waals surface area contributed by atoms with E-state index in [2.05, 4.69) is 11.8 Å². The van der Waals surface area contributed by atoms with Gasteiger partial charge in [0.25, 0.3) is 0 Å². The normalized spacial score (nSPS) is 19.1. The van der Waals surface area contributed by atoms with Gasteiger partial charge in [-0.05, 0) is 73.4 Å². The lowest BCUT2D eigenvalue weighted by Gasteiger charge is -2.43. The molecular formula is C29H31Cl2F2NO3. The van der Waals surface area contributed by atoms with E-state index in [1.54, 1.807) is 24.3 Å². The average molecular weight is 550 g/mol. The van der Waals surface area contributed by atoms with Crippen LogP contribution in [-0.2, 0) is 16.1 Å². The maximum atomic E-state index is 13.5. The predicted molar refractivity (Wildman–Crippen MR) is 143 cm³/mol. The van der Waals surface area contributed by atoms with Crippen LogP contribution >= 0.6 is 24.0 Å². The van der Waals surface area contributed by atoms with Gasteiger partial charge < -0.3 is 19.1 Å². The number of halogens is 4. The second-order valence-corrected chi connectivity index (χ2v) is 10.00. The highest BCUT2D eigenvalue weighted by atomic mass is 35.5. The summed E-state index contributed by atoms with van der Waals surface area (Å²) in [5.41, 5.74) is 2.30. The van der Waals surface area contributed by atoms with Crippen LogP contribution in [0.25, 0.3) is 0 Å². The fraction of sp³-hybridized carbons (Fsp3) is 0.379. The van der Waals surface area contributed by atoms with Crippen molar-refractivity contribution in [1.82, 2.24) is 4.90 Å². The second kappa shape index (κ2) is 12.1. The molecule has 2 aliphatic rings. The van der Waals surface area contributed by atoms with Crippen LogP contribution in [0.5, 0.6) is 5.75 Å². The summed E-state index contributed by atoms with van der Waals surface area (Å²) in [4.78, 5) is 2.36. The topological polar surface area (TPSA) is 30.9 Å². The first-order valence-electron chi connectivity index (χ1n) is 12.4. The zero-order valence-corrected chi connectivity index (χ0v) is 22.2. The summed E-state index contributed by atoms with van der Waals surface area (Å²) in [6.07, 6.45) is 1.25. The molecule has 198 valence electrons. The van der Waals surface area contributed by atoms with Crippen LogP contribution in [0.4, 0.5) is 8.78 Å². The van der Waals surface area contributed by atoms with Gasteiger partial charge >= 0.3 is 0 Å². The molecule has 0 N–H and O–H groups in total. The van der Waals surface area contributed by atoms with E-state index >= 15 is 0 Å². The maximum absolute atomic E-state index is 13.5. The second-order valence-electron chi connectivity index (χ2n) is 9.56. The van der Waals surface area contributed by atoms with Gasteiger partial charge in [-0.3, -0.25) is 0 Å². The standard InChI is InChI=1S/C29H30ClF2NO3.ClH/c1-20-29(35-19-23-18-24(30)6-11-27(23)36-20)12-14-33(15-13-29)16-17-34-28(21-2-7-25(31)8-3-21)22-4-9-26(32)10-5-22;/h2-11,18,20,28H,12-17,19H2,1H3;1H. The quantitative estimate of drug-likeness (QED) is 0.332. The predicted octanol–water partition coefficient (Wildman–Crippen LogP) is 6.98. The highest BCUT2D eigenvalue weighted by molar-refractivity contribution is 6.30. The molecule has 0 amide bonds. The Balaban J connectivity index is 0.00000320. The van der Waals surface area contributed by atoms with Gasteiger partial charge in [-0.2, -0.15) is 0 Å². The first-order chi connectivity index (χ1) is 17.4. The Morgan fingerprint density at radius 2 is 1.57 bits per heavy atom. The van der Waals surface area contributed by atoms with Crippen LogP contribution in [0, 0.1) is 11.6 Å². The van der Waals surface area contributed by atoms with Gasteiger partial charge in [0.2, 0.25) is 0 Å². The third kappa shape index (κ3) is 6.44. The summed E-state index contributed by atoms with van der Waals surface area (Å²) in [5, 5.41) is 0.680. The van der Waals surface area contributed by atoms with Crippen molar-refractivity contribution in [3.05, 3.63) is 100 Å². The first kappa shape index (κ1) is 27.8. The SMILES string of the molecule is CC1Oc2ccc(Cl)cc2COC12CCN(CCOC(c1ccc(F)cc1)c1ccc(F)cc1)CC2.Cl. The monoisotopic (exact) mass is 549 g/mol. The maximum Gasteiger partial charge on any atom is 0.125 e. The lowest BCUT2D eigenvalue weighted by atomic mass is 9.86. The van der Waals surface area contributed by atoms with E-state index in [1.165, 1.54) is 24.3 Å². The van der Waals surface area contributed by atoms with Crippen molar-refractivity contribution in [1.29, 1.82) is 0 Å². The summed E-state index contributed by atoms with van der Waals surface area (Å²) in [6.45, 7) is 5.54. The number of benzene rings is 3. The van der Waals surface area contributed by atoms with E-state index in [9.17, 15) is 8.78 Å². The first-order valence-corrected chi connectivity index (χ1v) is 12.7. The van der Waals surface area contributed by atoms with Crippen molar-refractivity contribution in [2.45, 2.75) is 44.2 Å². The van der Waals surface area contributed by atoms with E-state index in [0.717, 1.165) is 54.9 Å². The van der Waals surface area contributed by atoms with Crippen LogP contribution in [0.3, 0.4) is 0 Å². The van der Waals surface area contributed by atoms with E-state index in [-0.39, 0.29) is 35.7 Å². The van der Waals surface area contributed by atoms with Gasteiger partial charge in [0.1, 0.15) is 35.2 Å². The van der Waals surface area contributed by atoms with E-state index in [1.807, 2.05) is 18.2 Å². The highest BCUT2D eigenvalue weighted by Gasteiger charge is 2.43. The van der Waals surface area contributed by atoms with Gasteiger partial charge in [0, 0.05) is 30.2 Å². The zero-order valence-electron chi connectivity index (χ0n) is 20.7. The molecule has 5 rings (SSSR count). The number of hydrogen-bond acceptors (Lipinski definition) is 4. The molecule has 0 aliphatic carbocycles. The largest absolute Gasteiger partial charge is 0.487 e.